The number of benzene rings is 1. The molecule has 0 amide bonds. The van der Waals surface area contributed by atoms with Crippen molar-refractivity contribution in [2.24, 2.45) is 5.41 Å². The Kier molecular flexibility index (Phi) is 4.81. The van der Waals surface area contributed by atoms with Gasteiger partial charge in [0.15, 0.2) is 0 Å². The van der Waals surface area contributed by atoms with Gasteiger partial charge in [-0.3, -0.25) is 9.69 Å². The number of aliphatic carboxylic acids is 1. The van der Waals surface area contributed by atoms with Crippen molar-refractivity contribution in [1.82, 2.24) is 4.90 Å². The van der Waals surface area contributed by atoms with E-state index in [4.69, 9.17) is 0 Å². The molecule has 3 nitrogen and oxygen atoms in total. The van der Waals surface area contributed by atoms with Crippen LogP contribution in [0.5, 0.6) is 0 Å². The van der Waals surface area contributed by atoms with Crippen LogP contribution in [0.2, 0.25) is 0 Å². The second kappa shape index (κ2) is 6.40. The largest absolute Gasteiger partial charge is 0.481 e. The summed E-state index contributed by atoms with van der Waals surface area (Å²) in [5.41, 5.74) is 1.71. The Labute approximate surface area is 121 Å². The minimum absolute atomic E-state index is 0.580. The first-order valence-electron chi connectivity index (χ1n) is 7.51. The van der Waals surface area contributed by atoms with E-state index in [1.807, 2.05) is 12.1 Å². The molecule has 1 saturated heterocycles. The molecular formula is C17H25NO2. The second-order valence-corrected chi connectivity index (χ2v) is 6.52. The van der Waals surface area contributed by atoms with Crippen LogP contribution in [-0.2, 0) is 17.8 Å². The van der Waals surface area contributed by atoms with Crippen LogP contribution in [0.4, 0.5) is 0 Å². The lowest BCUT2D eigenvalue weighted by atomic mass is 9.85. The Hall–Kier alpha value is -1.35. The van der Waals surface area contributed by atoms with Gasteiger partial charge < -0.3 is 5.11 Å². The molecule has 1 heterocycles. The molecule has 1 aromatic carbocycles. The van der Waals surface area contributed by atoms with Crippen LogP contribution in [0.1, 0.15) is 44.2 Å². The highest BCUT2D eigenvalue weighted by molar-refractivity contribution is 5.74. The van der Waals surface area contributed by atoms with Gasteiger partial charge in [-0.1, -0.05) is 30.7 Å². The lowest BCUT2D eigenvalue weighted by molar-refractivity contribution is -0.146. The van der Waals surface area contributed by atoms with E-state index >= 15 is 0 Å². The van der Waals surface area contributed by atoms with Gasteiger partial charge in [0.05, 0.1) is 5.41 Å². The van der Waals surface area contributed by atoms with Gasteiger partial charge in [-0.25, -0.2) is 0 Å². The molecule has 1 fully saturated rings. The molecule has 20 heavy (non-hydrogen) atoms. The summed E-state index contributed by atoms with van der Waals surface area (Å²) in [5.74, 6) is -0.737. The number of hydrogen-bond acceptors (Lipinski definition) is 2. The van der Waals surface area contributed by atoms with Crippen molar-refractivity contribution in [3.05, 3.63) is 35.4 Å². The zero-order valence-corrected chi connectivity index (χ0v) is 12.6. The number of carbonyl (C=O) groups is 1. The van der Waals surface area contributed by atoms with E-state index in [-0.39, 0.29) is 0 Å². The molecule has 0 saturated carbocycles. The molecular weight excluding hydrogens is 250 g/mol. The molecule has 2 rings (SSSR count). The van der Waals surface area contributed by atoms with Crippen molar-refractivity contribution >= 4 is 5.97 Å². The Balaban J connectivity index is 2.02. The number of carboxylic acids is 1. The minimum atomic E-state index is -0.737. The van der Waals surface area contributed by atoms with Crippen LogP contribution in [0, 0.1) is 5.41 Å². The van der Waals surface area contributed by atoms with Crippen molar-refractivity contribution in [3.63, 3.8) is 0 Å². The Morgan fingerprint density at radius 3 is 2.50 bits per heavy atom. The van der Waals surface area contributed by atoms with Gasteiger partial charge >= 0.3 is 5.97 Å². The maximum Gasteiger partial charge on any atom is 0.309 e. The lowest BCUT2D eigenvalue weighted by Gasteiger charge is -2.26. The topological polar surface area (TPSA) is 40.5 Å². The maximum atomic E-state index is 11.2. The average molecular weight is 275 g/mol. The van der Waals surface area contributed by atoms with Crippen LogP contribution in [0.3, 0.4) is 0 Å². The Morgan fingerprint density at radius 1 is 1.20 bits per heavy atom. The van der Waals surface area contributed by atoms with Crippen LogP contribution < -0.4 is 0 Å². The summed E-state index contributed by atoms with van der Waals surface area (Å²) in [6.45, 7) is 6.93. The summed E-state index contributed by atoms with van der Waals surface area (Å²) in [6, 6.07) is 8.39. The van der Waals surface area contributed by atoms with E-state index in [0.717, 1.165) is 12.1 Å². The van der Waals surface area contributed by atoms with Gasteiger partial charge in [-0.05, 0) is 57.3 Å². The van der Waals surface area contributed by atoms with Crippen LogP contribution in [0.15, 0.2) is 24.3 Å². The van der Waals surface area contributed by atoms with Crippen molar-refractivity contribution in [1.29, 1.82) is 0 Å². The van der Waals surface area contributed by atoms with Crippen molar-refractivity contribution in [2.45, 2.75) is 46.1 Å². The van der Waals surface area contributed by atoms with Gasteiger partial charge in [0, 0.05) is 6.54 Å². The second-order valence-electron chi connectivity index (χ2n) is 6.52. The van der Waals surface area contributed by atoms with E-state index in [1.54, 1.807) is 13.8 Å². The first-order valence-corrected chi connectivity index (χ1v) is 7.51. The van der Waals surface area contributed by atoms with Crippen molar-refractivity contribution < 1.29 is 9.90 Å². The van der Waals surface area contributed by atoms with Crippen LogP contribution in [0.25, 0.3) is 0 Å². The van der Waals surface area contributed by atoms with E-state index in [2.05, 4.69) is 17.0 Å². The van der Waals surface area contributed by atoms with Crippen LogP contribution >= 0.6 is 0 Å². The first-order chi connectivity index (χ1) is 9.47. The quantitative estimate of drug-likeness (QED) is 0.896. The summed E-state index contributed by atoms with van der Waals surface area (Å²) in [4.78, 5) is 13.7. The summed E-state index contributed by atoms with van der Waals surface area (Å²) in [6.07, 6.45) is 4.52. The predicted octanol–water partition coefficient (Wildman–Crippen LogP) is 3.33. The Bertz CT molecular complexity index is 462. The number of hydrogen-bond donors (Lipinski definition) is 1. The predicted molar refractivity (Wildman–Crippen MR) is 80.7 cm³/mol. The van der Waals surface area contributed by atoms with Gasteiger partial charge in [0.1, 0.15) is 0 Å². The minimum Gasteiger partial charge on any atom is -0.481 e. The number of piperidine rings is 1. The molecule has 1 aromatic rings. The normalized spacial score (nSPS) is 17.1. The highest BCUT2D eigenvalue weighted by Gasteiger charge is 2.27. The van der Waals surface area contributed by atoms with Crippen molar-refractivity contribution in [2.75, 3.05) is 13.1 Å². The summed E-state index contributed by atoms with van der Waals surface area (Å²) in [5, 5.41) is 9.22. The number of rotatable bonds is 5. The smallest absolute Gasteiger partial charge is 0.309 e. The zero-order chi connectivity index (χ0) is 14.6. The molecule has 0 bridgehead atoms. The first kappa shape index (κ1) is 15.0. The van der Waals surface area contributed by atoms with E-state index < -0.39 is 11.4 Å². The molecule has 0 aromatic heterocycles. The SMILES string of the molecule is CC(C)(Cc1cccc(CN2CCCCC2)c1)C(=O)O. The van der Waals surface area contributed by atoms with E-state index in [9.17, 15) is 9.90 Å². The molecule has 110 valence electrons. The van der Waals surface area contributed by atoms with Gasteiger partial charge in [0.2, 0.25) is 0 Å². The highest BCUT2D eigenvalue weighted by Crippen LogP contribution is 2.23. The molecule has 3 heteroatoms. The van der Waals surface area contributed by atoms with Gasteiger partial charge in [-0.15, -0.1) is 0 Å². The Morgan fingerprint density at radius 2 is 1.85 bits per heavy atom. The molecule has 1 N–H and O–H groups in total. The molecule has 1 aliphatic rings. The monoisotopic (exact) mass is 275 g/mol. The molecule has 0 unspecified atom stereocenters. The van der Waals surface area contributed by atoms with Crippen molar-refractivity contribution in [3.8, 4) is 0 Å². The fourth-order valence-corrected chi connectivity index (χ4v) is 2.80. The maximum absolute atomic E-state index is 11.2. The van der Waals surface area contributed by atoms with Gasteiger partial charge in [0.25, 0.3) is 0 Å². The van der Waals surface area contributed by atoms with Crippen LogP contribution in [-0.4, -0.2) is 29.1 Å². The summed E-state index contributed by atoms with van der Waals surface area (Å²) >= 11 is 0. The molecule has 0 aliphatic carbocycles. The van der Waals surface area contributed by atoms with E-state index in [0.29, 0.717) is 6.42 Å². The summed E-state index contributed by atoms with van der Waals surface area (Å²) < 4.78 is 0. The fourth-order valence-electron chi connectivity index (χ4n) is 2.80. The van der Waals surface area contributed by atoms with E-state index in [1.165, 1.54) is 37.9 Å². The highest BCUT2D eigenvalue weighted by atomic mass is 16.4. The molecule has 0 atom stereocenters. The molecule has 0 spiro atoms. The third-order valence-corrected chi connectivity index (χ3v) is 4.07. The molecule has 0 radical (unpaired) electrons. The number of likely N-dealkylation sites (tertiary alicyclic amines) is 1. The standard InChI is InChI=1S/C17H25NO2/c1-17(2,16(19)20)12-14-7-6-8-15(11-14)13-18-9-4-3-5-10-18/h6-8,11H,3-5,9-10,12-13H2,1-2H3,(H,19,20). The van der Waals surface area contributed by atoms with Gasteiger partial charge in [-0.2, -0.15) is 0 Å². The lowest BCUT2D eigenvalue weighted by Crippen LogP contribution is -2.29. The average Bonchev–Trinajstić information content (AvgIpc) is 2.39. The molecule has 1 aliphatic heterocycles. The fraction of sp³-hybridized carbons (Fsp3) is 0.588. The zero-order valence-electron chi connectivity index (χ0n) is 12.6. The summed E-state index contributed by atoms with van der Waals surface area (Å²) in [7, 11) is 0. The number of carboxylic acid groups (broad SMARTS) is 1. The third kappa shape index (κ3) is 4.07. The number of nitrogens with zero attached hydrogens (tertiary/aromatic N) is 1. The third-order valence-electron chi connectivity index (χ3n) is 4.07.